The van der Waals surface area contributed by atoms with E-state index in [1.165, 1.54) is 0 Å². The number of carbonyl (C=O) groups excluding carboxylic acids is 1. The normalized spacial score (nSPS) is 10.6. The molecule has 0 fully saturated rings. The molecular formula is C19H18ClN3O3. The van der Waals surface area contributed by atoms with Crippen LogP contribution in [0.5, 0.6) is 5.75 Å². The van der Waals surface area contributed by atoms with E-state index in [1.807, 2.05) is 43.3 Å². The number of esters is 1. The first-order valence-corrected chi connectivity index (χ1v) is 8.54. The van der Waals surface area contributed by atoms with Crippen LogP contribution in [0.2, 0.25) is 5.02 Å². The van der Waals surface area contributed by atoms with Gasteiger partial charge in [0, 0.05) is 10.6 Å². The van der Waals surface area contributed by atoms with E-state index < -0.39 is 5.97 Å². The second-order valence-corrected chi connectivity index (χ2v) is 5.91. The number of hydrogen-bond donors (Lipinski definition) is 0. The van der Waals surface area contributed by atoms with E-state index >= 15 is 0 Å². The first kappa shape index (κ1) is 17.9. The molecule has 26 heavy (non-hydrogen) atoms. The number of rotatable bonds is 6. The van der Waals surface area contributed by atoms with Gasteiger partial charge in [0.2, 0.25) is 0 Å². The van der Waals surface area contributed by atoms with E-state index in [0.717, 1.165) is 5.56 Å². The molecule has 0 saturated carbocycles. The Hall–Kier alpha value is -2.86. The van der Waals surface area contributed by atoms with Gasteiger partial charge in [0.1, 0.15) is 18.0 Å². The zero-order valence-electron chi connectivity index (χ0n) is 14.5. The Morgan fingerprint density at radius 3 is 2.65 bits per heavy atom. The van der Waals surface area contributed by atoms with Gasteiger partial charge in [-0.1, -0.05) is 47.1 Å². The number of carbonyl (C=O) groups is 1. The minimum Gasteiger partial charge on any atom is -0.492 e. The molecule has 0 atom stereocenters. The van der Waals surface area contributed by atoms with Gasteiger partial charge in [-0.2, -0.15) is 0 Å². The maximum atomic E-state index is 12.4. The van der Waals surface area contributed by atoms with E-state index in [-0.39, 0.29) is 12.3 Å². The molecule has 6 nitrogen and oxygen atoms in total. The standard InChI is InChI=1S/C19H18ClN3O3/c1-3-25-17-11-7-6-10-16(17)23-13(2)18(21-22-23)19(24)26-12-14-8-4-5-9-15(14)20/h4-11H,3,12H2,1-2H3. The molecule has 1 heterocycles. The van der Waals surface area contributed by atoms with Crippen molar-refractivity contribution in [1.29, 1.82) is 0 Å². The third-order valence-electron chi connectivity index (χ3n) is 3.80. The van der Waals surface area contributed by atoms with Gasteiger partial charge in [0.25, 0.3) is 0 Å². The lowest BCUT2D eigenvalue weighted by Crippen LogP contribution is -2.09. The van der Waals surface area contributed by atoms with Crippen molar-refractivity contribution in [3.8, 4) is 11.4 Å². The second kappa shape index (κ2) is 8.01. The predicted octanol–water partition coefficient (Wildman–Crippen LogP) is 3.98. The van der Waals surface area contributed by atoms with Crippen molar-refractivity contribution in [2.45, 2.75) is 20.5 Å². The van der Waals surface area contributed by atoms with Crippen molar-refractivity contribution in [3.05, 3.63) is 70.5 Å². The summed E-state index contributed by atoms with van der Waals surface area (Å²) in [4.78, 5) is 12.4. The molecule has 0 radical (unpaired) electrons. The highest BCUT2D eigenvalue weighted by Gasteiger charge is 2.20. The van der Waals surface area contributed by atoms with Crippen molar-refractivity contribution in [1.82, 2.24) is 15.0 Å². The molecule has 134 valence electrons. The van der Waals surface area contributed by atoms with E-state index in [1.54, 1.807) is 23.7 Å². The molecule has 0 aliphatic carbocycles. The van der Waals surface area contributed by atoms with Crippen molar-refractivity contribution in [3.63, 3.8) is 0 Å². The van der Waals surface area contributed by atoms with E-state index in [2.05, 4.69) is 10.3 Å². The highest BCUT2D eigenvalue weighted by atomic mass is 35.5. The zero-order valence-corrected chi connectivity index (χ0v) is 15.2. The molecule has 0 amide bonds. The molecule has 0 N–H and O–H groups in total. The topological polar surface area (TPSA) is 66.2 Å². The fourth-order valence-corrected chi connectivity index (χ4v) is 2.67. The monoisotopic (exact) mass is 371 g/mol. The number of benzene rings is 2. The lowest BCUT2D eigenvalue weighted by molar-refractivity contribution is 0.0465. The summed E-state index contributed by atoms with van der Waals surface area (Å²) in [5, 5.41) is 8.61. The summed E-state index contributed by atoms with van der Waals surface area (Å²) in [6, 6.07) is 14.6. The molecule has 3 rings (SSSR count). The van der Waals surface area contributed by atoms with Crippen LogP contribution in [0, 0.1) is 6.92 Å². The fourth-order valence-electron chi connectivity index (χ4n) is 2.48. The number of para-hydroxylation sites is 2. The number of ether oxygens (including phenoxy) is 2. The lowest BCUT2D eigenvalue weighted by atomic mass is 10.2. The lowest BCUT2D eigenvalue weighted by Gasteiger charge is -2.10. The maximum absolute atomic E-state index is 12.4. The van der Waals surface area contributed by atoms with Gasteiger partial charge in [-0.25, -0.2) is 9.48 Å². The average Bonchev–Trinajstić information content (AvgIpc) is 3.03. The van der Waals surface area contributed by atoms with Crippen LogP contribution in [0.3, 0.4) is 0 Å². The molecule has 0 spiro atoms. The molecular weight excluding hydrogens is 354 g/mol. The number of halogens is 1. The fraction of sp³-hybridized carbons (Fsp3) is 0.211. The van der Waals surface area contributed by atoms with Crippen molar-refractivity contribution in [2.75, 3.05) is 6.61 Å². The summed E-state index contributed by atoms with van der Waals surface area (Å²) < 4.78 is 12.5. The summed E-state index contributed by atoms with van der Waals surface area (Å²) >= 11 is 6.08. The highest BCUT2D eigenvalue weighted by molar-refractivity contribution is 6.31. The van der Waals surface area contributed by atoms with Gasteiger partial charge in [0.05, 0.1) is 12.3 Å². The van der Waals surface area contributed by atoms with Gasteiger partial charge in [-0.3, -0.25) is 0 Å². The van der Waals surface area contributed by atoms with Gasteiger partial charge in [0.15, 0.2) is 5.69 Å². The van der Waals surface area contributed by atoms with Gasteiger partial charge < -0.3 is 9.47 Å². The first-order chi connectivity index (χ1) is 12.6. The van der Waals surface area contributed by atoms with Crippen LogP contribution in [-0.4, -0.2) is 27.6 Å². The van der Waals surface area contributed by atoms with Gasteiger partial charge in [-0.15, -0.1) is 5.10 Å². The molecule has 0 aliphatic rings. The molecule has 3 aromatic rings. The zero-order chi connectivity index (χ0) is 18.5. The second-order valence-electron chi connectivity index (χ2n) is 5.50. The van der Waals surface area contributed by atoms with E-state index in [0.29, 0.717) is 28.8 Å². The predicted molar refractivity (Wildman–Crippen MR) is 97.8 cm³/mol. The number of aromatic nitrogens is 3. The summed E-state index contributed by atoms with van der Waals surface area (Å²) in [7, 11) is 0. The molecule has 7 heteroatoms. The molecule has 0 bridgehead atoms. The summed E-state index contributed by atoms with van der Waals surface area (Å²) in [5.74, 6) is 0.113. The van der Waals surface area contributed by atoms with Crippen LogP contribution in [0.15, 0.2) is 48.5 Å². The number of hydrogen-bond acceptors (Lipinski definition) is 5. The smallest absolute Gasteiger partial charge is 0.361 e. The van der Waals surface area contributed by atoms with E-state index in [4.69, 9.17) is 21.1 Å². The van der Waals surface area contributed by atoms with Gasteiger partial charge >= 0.3 is 5.97 Å². The highest BCUT2D eigenvalue weighted by Crippen LogP contribution is 2.24. The largest absolute Gasteiger partial charge is 0.492 e. The third-order valence-corrected chi connectivity index (χ3v) is 4.17. The Morgan fingerprint density at radius 2 is 1.88 bits per heavy atom. The van der Waals surface area contributed by atoms with Crippen molar-refractivity contribution in [2.24, 2.45) is 0 Å². The molecule has 1 aromatic heterocycles. The van der Waals surface area contributed by atoms with Crippen LogP contribution < -0.4 is 4.74 Å². The van der Waals surface area contributed by atoms with Crippen LogP contribution in [0.4, 0.5) is 0 Å². The minimum absolute atomic E-state index is 0.0698. The molecule has 0 aliphatic heterocycles. The SMILES string of the molecule is CCOc1ccccc1-n1nnc(C(=O)OCc2ccccc2Cl)c1C. The van der Waals surface area contributed by atoms with Crippen LogP contribution in [0.1, 0.15) is 28.7 Å². The average molecular weight is 372 g/mol. The first-order valence-electron chi connectivity index (χ1n) is 8.16. The quantitative estimate of drug-likeness (QED) is 0.613. The van der Waals surface area contributed by atoms with E-state index in [9.17, 15) is 4.79 Å². The molecule has 2 aromatic carbocycles. The maximum Gasteiger partial charge on any atom is 0.361 e. The Kier molecular flexibility index (Phi) is 5.53. The minimum atomic E-state index is -0.553. The Balaban J connectivity index is 1.81. The third kappa shape index (κ3) is 3.70. The molecule has 0 unspecified atom stereocenters. The Labute approximate surface area is 156 Å². The summed E-state index contributed by atoms with van der Waals surface area (Å²) in [6.45, 7) is 4.26. The van der Waals surface area contributed by atoms with Crippen molar-refractivity contribution >= 4 is 17.6 Å². The van der Waals surface area contributed by atoms with Crippen LogP contribution in [-0.2, 0) is 11.3 Å². The van der Waals surface area contributed by atoms with Crippen molar-refractivity contribution < 1.29 is 14.3 Å². The van der Waals surface area contributed by atoms with Crippen LogP contribution >= 0.6 is 11.6 Å². The number of nitrogens with zero attached hydrogens (tertiary/aromatic N) is 3. The van der Waals surface area contributed by atoms with Crippen LogP contribution in [0.25, 0.3) is 5.69 Å². The summed E-state index contributed by atoms with van der Waals surface area (Å²) in [5.41, 5.74) is 2.17. The van der Waals surface area contributed by atoms with Gasteiger partial charge in [-0.05, 0) is 32.0 Å². The Bertz CT molecular complexity index is 924. The Morgan fingerprint density at radius 1 is 1.15 bits per heavy atom. The molecule has 0 saturated heterocycles. The summed E-state index contributed by atoms with van der Waals surface area (Å²) in [6.07, 6.45) is 0.